The third-order valence-electron chi connectivity index (χ3n) is 4.20. The predicted octanol–water partition coefficient (Wildman–Crippen LogP) is -2.05. The molecule has 6 atom stereocenters. The number of hydrogen-bond donors (Lipinski definition) is 6. The predicted molar refractivity (Wildman–Crippen MR) is 86.7 cm³/mol. The highest BCUT2D eigenvalue weighted by Crippen LogP contribution is 2.34. The standard InChI is InChI=1S/C15H20N2O10/c16-11-9(19)5-15(14(22)23,27-13(11)12(21)10(20)6-18)26-8-3-1-7(2-4-8)17(24)25/h1-4,9-13,18-21H,5-6,16H2,(H,22,23)/t9-,10+,11+,12+,13+,15-/m0/s1. The molecule has 2 rings (SSSR count). The van der Waals surface area contributed by atoms with E-state index in [0.717, 1.165) is 24.3 Å². The van der Waals surface area contributed by atoms with Crippen molar-refractivity contribution in [2.24, 2.45) is 5.73 Å². The molecule has 0 bridgehead atoms. The number of hydrogen-bond acceptors (Lipinski definition) is 10. The Balaban J connectivity index is 2.32. The van der Waals surface area contributed by atoms with Gasteiger partial charge in [0.1, 0.15) is 24.1 Å². The van der Waals surface area contributed by atoms with Crippen LogP contribution in [-0.4, -0.2) is 79.3 Å². The zero-order valence-electron chi connectivity index (χ0n) is 13.9. The van der Waals surface area contributed by atoms with Gasteiger partial charge in [0.05, 0.1) is 30.1 Å². The van der Waals surface area contributed by atoms with Crippen LogP contribution in [-0.2, 0) is 9.53 Å². The van der Waals surface area contributed by atoms with Crippen LogP contribution in [0.1, 0.15) is 6.42 Å². The number of aliphatic carboxylic acids is 1. The van der Waals surface area contributed by atoms with E-state index in [4.69, 9.17) is 20.3 Å². The van der Waals surface area contributed by atoms with Crippen LogP contribution in [0.3, 0.4) is 0 Å². The lowest BCUT2D eigenvalue weighted by atomic mass is 9.89. The van der Waals surface area contributed by atoms with Crippen LogP contribution in [0.25, 0.3) is 0 Å². The molecule has 1 aliphatic rings. The van der Waals surface area contributed by atoms with Gasteiger partial charge in [0, 0.05) is 12.1 Å². The number of aliphatic hydroxyl groups is 4. The smallest absolute Gasteiger partial charge is 0.377 e. The van der Waals surface area contributed by atoms with Gasteiger partial charge < -0.3 is 40.7 Å². The van der Waals surface area contributed by atoms with Gasteiger partial charge in [-0.1, -0.05) is 0 Å². The molecule has 0 saturated carbocycles. The summed E-state index contributed by atoms with van der Waals surface area (Å²) >= 11 is 0. The van der Waals surface area contributed by atoms with Crippen molar-refractivity contribution in [1.82, 2.24) is 0 Å². The van der Waals surface area contributed by atoms with E-state index >= 15 is 0 Å². The number of ether oxygens (including phenoxy) is 2. The van der Waals surface area contributed by atoms with E-state index in [1.54, 1.807) is 0 Å². The molecule has 0 aliphatic carbocycles. The highest BCUT2D eigenvalue weighted by atomic mass is 16.7. The average molecular weight is 388 g/mol. The molecule has 1 aromatic carbocycles. The normalized spacial score (nSPS) is 30.3. The topological polar surface area (TPSA) is 206 Å². The molecule has 0 amide bonds. The number of nitrogens with zero attached hydrogens (tertiary/aromatic N) is 1. The van der Waals surface area contributed by atoms with E-state index < -0.39 is 60.2 Å². The first-order valence-electron chi connectivity index (χ1n) is 7.86. The molecular weight excluding hydrogens is 368 g/mol. The molecule has 12 nitrogen and oxygen atoms in total. The Kier molecular flexibility index (Phi) is 6.30. The fraction of sp³-hybridized carbons (Fsp3) is 0.533. The molecule has 0 spiro atoms. The van der Waals surface area contributed by atoms with E-state index in [2.05, 4.69) is 0 Å². The van der Waals surface area contributed by atoms with Crippen molar-refractivity contribution in [1.29, 1.82) is 0 Å². The van der Waals surface area contributed by atoms with Crippen molar-refractivity contribution in [3.05, 3.63) is 34.4 Å². The number of nitrogens with two attached hydrogens (primary N) is 1. The maximum atomic E-state index is 11.8. The van der Waals surface area contributed by atoms with Gasteiger partial charge in [-0.3, -0.25) is 10.1 Å². The van der Waals surface area contributed by atoms with Crippen LogP contribution in [0.2, 0.25) is 0 Å². The molecule has 1 aromatic rings. The van der Waals surface area contributed by atoms with Crippen molar-refractivity contribution >= 4 is 11.7 Å². The molecule has 1 aliphatic heterocycles. The minimum atomic E-state index is -2.48. The minimum absolute atomic E-state index is 0.110. The maximum Gasteiger partial charge on any atom is 0.377 e. The lowest BCUT2D eigenvalue weighted by Crippen LogP contribution is -2.67. The molecule has 1 saturated heterocycles. The Morgan fingerprint density at radius 2 is 2.00 bits per heavy atom. The van der Waals surface area contributed by atoms with Gasteiger partial charge in [0.25, 0.3) is 5.69 Å². The summed E-state index contributed by atoms with van der Waals surface area (Å²) in [6, 6.07) is 3.17. The van der Waals surface area contributed by atoms with E-state index in [-0.39, 0.29) is 11.4 Å². The summed E-state index contributed by atoms with van der Waals surface area (Å²) < 4.78 is 10.7. The fourth-order valence-corrected chi connectivity index (χ4v) is 2.67. The van der Waals surface area contributed by atoms with E-state index in [0.29, 0.717) is 0 Å². The third kappa shape index (κ3) is 4.32. The first-order chi connectivity index (χ1) is 12.6. The van der Waals surface area contributed by atoms with Crippen LogP contribution in [0, 0.1) is 10.1 Å². The van der Waals surface area contributed by atoms with Crippen molar-refractivity contribution in [2.75, 3.05) is 6.61 Å². The van der Waals surface area contributed by atoms with Gasteiger partial charge in [-0.05, 0) is 12.1 Å². The van der Waals surface area contributed by atoms with Crippen molar-refractivity contribution in [3.63, 3.8) is 0 Å². The van der Waals surface area contributed by atoms with Gasteiger partial charge in [-0.15, -0.1) is 0 Å². The zero-order chi connectivity index (χ0) is 20.4. The van der Waals surface area contributed by atoms with E-state index in [9.17, 15) is 35.3 Å². The second kappa shape index (κ2) is 8.12. The largest absolute Gasteiger partial charge is 0.476 e. The second-order valence-electron chi connectivity index (χ2n) is 6.08. The number of carboxylic acid groups (broad SMARTS) is 1. The number of carbonyl (C=O) groups is 1. The monoisotopic (exact) mass is 388 g/mol. The summed E-state index contributed by atoms with van der Waals surface area (Å²) in [5.41, 5.74) is 5.48. The quantitative estimate of drug-likeness (QED) is 0.221. The summed E-state index contributed by atoms with van der Waals surface area (Å²) in [6.45, 7) is -0.854. The molecule has 0 radical (unpaired) electrons. The van der Waals surface area contributed by atoms with Crippen LogP contribution in [0.15, 0.2) is 24.3 Å². The number of nitro groups is 1. The average Bonchev–Trinajstić information content (AvgIpc) is 2.63. The Morgan fingerprint density at radius 3 is 2.48 bits per heavy atom. The summed E-state index contributed by atoms with van der Waals surface area (Å²) in [5, 5.41) is 59.0. The van der Waals surface area contributed by atoms with Gasteiger partial charge >= 0.3 is 11.8 Å². The molecule has 150 valence electrons. The van der Waals surface area contributed by atoms with Gasteiger partial charge in [-0.2, -0.15) is 0 Å². The number of benzene rings is 1. The molecule has 12 heteroatoms. The molecule has 1 fully saturated rings. The number of aliphatic hydroxyl groups excluding tert-OH is 4. The van der Waals surface area contributed by atoms with E-state index in [1.807, 2.05) is 0 Å². The van der Waals surface area contributed by atoms with E-state index in [1.165, 1.54) is 0 Å². The number of rotatable bonds is 7. The Hall–Kier alpha value is -2.35. The van der Waals surface area contributed by atoms with Gasteiger partial charge in [-0.25, -0.2) is 4.79 Å². The molecular formula is C15H20N2O10. The maximum absolute atomic E-state index is 11.8. The first kappa shape index (κ1) is 21.0. The number of nitro benzene ring substituents is 1. The molecule has 0 unspecified atom stereocenters. The minimum Gasteiger partial charge on any atom is -0.476 e. The number of non-ortho nitro benzene ring substituents is 1. The summed E-state index contributed by atoms with van der Waals surface area (Å²) in [6.07, 6.45) is -7.18. The summed E-state index contributed by atoms with van der Waals surface area (Å²) in [7, 11) is 0. The fourth-order valence-electron chi connectivity index (χ4n) is 2.67. The Bertz CT molecular complexity index is 684. The van der Waals surface area contributed by atoms with Crippen molar-refractivity contribution in [2.45, 2.75) is 42.7 Å². The summed E-state index contributed by atoms with van der Waals surface area (Å²) in [5.74, 6) is -4.24. The highest BCUT2D eigenvalue weighted by molar-refractivity contribution is 5.76. The van der Waals surface area contributed by atoms with Gasteiger partial charge in [0.2, 0.25) is 0 Å². The second-order valence-corrected chi connectivity index (χ2v) is 6.08. The third-order valence-corrected chi connectivity index (χ3v) is 4.20. The molecule has 1 heterocycles. The molecule has 7 N–H and O–H groups in total. The zero-order valence-corrected chi connectivity index (χ0v) is 13.9. The number of carboxylic acids is 1. The lowest BCUT2D eigenvalue weighted by molar-refractivity contribution is -0.384. The Morgan fingerprint density at radius 1 is 1.41 bits per heavy atom. The van der Waals surface area contributed by atoms with Crippen LogP contribution in [0.4, 0.5) is 5.69 Å². The molecule has 27 heavy (non-hydrogen) atoms. The van der Waals surface area contributed by atoms with Crippen LogP contribution in [0.5, 0.6) is 5.75 Å². The Labute approximate surface area is 152 Å². The van der Waals surface area contributed by atoms with Crippen LogP contribution < -0.4 is 10.5 Å². The SMILES string of the molecule is N[C@H]1[C@H]([C@H](O)[C@H](O)CO)O[C@](Oc2ccc([N+](=O)[O-])cc2)(C(=O)O)C[C@@H]1O. The molecule has 0 aromatic heterocycles. The van der Waals surface area contributed by atoms with Crippen molar-refractivity contribution in [3.8, 4) is 5.75 Å². The first-order valence-corrected chi connectivity index (χ1v) is 7.86. The van der Waals surface area contributed by atoms with Gasteiger partial charge in [0.15, 0.2) is 0 Å². The lowest BCUT2D eigenvalue weighted by Gasteiger charge is -2.45. The van der Waals surface area contributed by atoms with Crippen molar-refractivity contribution < 1.29 is 44.7 Å². The summed E-state index contributed by atoms with van der Waals surface area (Å²) in [4.78, 5) is 21.8. The van der Waals surface area contributed by atoms with Crippen LogP contribution >= 0.6 is 0 Å². The highest BCUT2D eigenvalue weighted by Gasteiger charge is 2.55.